The molecule has 0 heterocycles. The van der Waals surface area contributed by atoms with Crippen molar-refractivity contribution >= 4 is 77.9 Å². The second kappa shape index (κ2) is 3.67. The Bertz CT molecular complexity index is 178. The minimum absolute atomic E-state index is 0.956. The van der Waals surface area contributed by atoms with Gasteiger partial charge in [0.05, 0.1) is 7.11 Å². The van der Waals surface area contributed by atoms with Crippen molar-refractivity contribution in [2.45, 2.75) is -1.23 Å². The van der Waals surface area contributed by atoms with Gasteiger partial charge >= 0.3 is 10.1 Å². The van der Waals surface area contributed by atoms with Gasteiger partial charge in [0.15, 0.2) is 0 Å². The highest BCUT2D eigenvalue weighted by atomic mass is 127. The Labute approximate surface area is 94.8 Å². The molecular weight excluding hydrogens is 485 g/mol. The van der Waals surface area contributed by atoms with Crippen LogP contribution in [-0.2, 0) is 14.3 Å². The number of hydrogen-bond acceptors (Lipinski definition) is 3. The lowest BCUT2D eigenvalue weighted by Gasteiger charge is -2.09. The zero-order chi connectivity index (χ0) is 7.71. The molecule has 0 unspecified atom stereocenters. The van der Waals surface area contributed by atoms with Gasteiger partial charge in [-0.3, -0.25) is 4.18 Å². The summed E-state index contributed by atoms with van der Waals surface area (Å²) in [7, 11) is -0.665. The van der Waals surface area contributed by atoms with E-state index in [1.807, 2.05) is 0 Å². The zero-order valence-corrected chi connectivity index (χ0v) is 11.3. The molecule has 3 nitrogen and oxygen atoms in total. The molecule has 0 spiro atoms. The fourth-order valence-corrected chi connectivity index (χ4v) is 1.34. The van der Waals surface area contributed by atoms with Crippen molar-refractivity contribution in [2.75, 3.05) is 0 Å². The molecule has 0 aromatic carbocycles. The third kappa shape index (κ3) is 3.33. The highest BCUT2D eigenvalue weighted by molar-refractivity contribution is 14.3. The van der Waals surface area contributed by atoms with Gasteiger partial charge in [0.25, 0.3) is 0 Å². The lowest BCUT2D eigenvalue weighted by atomic mass is 11.8. The van der Waals surface area contributed by atoms with Gasteiger partial charge < -0.3 is 0 Å². The molecule has 1 radical (unpaired) electrons. The van der Waals surface area contributed by atoms with Gasteiger partial charge in [0.2, 0.25) is -1.23 Å². The molecule has 0 saturated carbocycles. The molecule has 0 aromatic rings. The number of rotatable bonds is 2. The van der Waals surface area contributed by atoms with Crippen LogP contribution in [0.5, 0.6) is 0 Å². The quantitative estimate of drug-likeness (QED) is 0.341. The maximum absolute atomic E-state index is 10.7. The van der Waals surface area contributed by atoms with Crippen molar-refractivity contribution in [1.29, 1.82) is 0 Å². The number of alkyl halides is 3. The van der Waals surface area contributed by atoms with Crippen LogP contribution in [0.25, 0.3) is 0 Å². The Morgan fingerprint density at radius 2 is 1.67 bits per heavy atom. The first kappa shape index (κ1) is 11.1. The molecule has 0 bridgehead atoms. The molecule has 0 saturated heterocycles. The smallest absolute Gasteiger partial charge is 0.265 e. The summed E-state index contributed by atoms with van der Waals surface area (Å²) >= 11 is 5.22. The lowest BCUT2D eigenvalue weighted by Crippen LogP contribution is -2.17. The van der Waals surface area contributed by atoms with E-state index < -0.39 is 8.89 Å². The summed E-state index contributed by atoms with van der Waals surface area (Å²) in [5.74, 6) is 0. The highest BCUT2D eigenvalue weighted by Crippen LogP contribution is 2.41. The van der Waals surface area contributed by atoms with Crippen LogP contribution >= 0.6 is 67.8 Å². The lowest BCUT2D eigenvalue weighted by molar-refractivity contribution is 0.442. The predicted octanol–water partition coefficient (Wildman–Crippen LogP) is 2.04. The summed E-state index contributed by atoms with van der Waals surface area (Å²) in [6, 6.07) is 0. The largest absolute Gasteiger partial charge is 0.301 e. The Kier molecular flexibility index (Phi) is 4.52. The first-order valence-corrected chi connectivity index (χ1v) is 6.20. The van der Waals surface area contributed by atoms with Crippen molar-refractivity contribution in [3.63, 3.8) is 0 Å². The van der Waals surface area contributed by atoms with E-state index in [1.165, 1.54) is 0 Å². The van der Waals surface area contributed by atoms with Crippen molar-refractivity contribution in [2.24, 2.45) is 0 Å². The van der Waals surface area contributed by atoms with Crippen molar-refractivity contribution in [1.82, 2.24) is 0 Å². The third-order valence-corrected chi connectivity index (χ3v) is 6.17. The molecule has 55 valence electrons. The van der Waals surface area contributed by atoms with Gasteiger partial charge in [-0.05, 0) is 67.8 Å². The molecule has 7 heteroatoms. The minimum atomic E-state index is -3.49. The van der Waals surface area contributed by atoms with Gasteiger partial charge in [-0.15, -0.1) is 0 Å². The SMILES string of the molecule is [CH2]OS(=O)(=O)C(I)(I)I. The summed E-state index contributed by atoms with van der Waals surface area (Å²) < 4.78 is 24.5. The Morgan fingerprint density at radius 1 is 1.33 bits per heavy atom. The second-order valence-electron chi connectivity index (χ2n) is 1.02. The summed E-state index contributed by atoms with van der Waals surface area (Å²) in [6.07, 6.45) is 0. The fraction of sp³-hybridized carbons (Fsp3) is 0.500. The Balaban J connectivity index is 4.57. The zero-order valence-electron chi connectivity index (χ0n) is 3.97. The van der Waals surface area contributed by atoms with E-state index in [0.717, 1.165) is 0 Å². The predicted molar refractivity (Wildman–Crippen MR) is 60.2 cm³/mol. The van der Waals surface area contributed by atoms with Crippen molar-refractivity contribution in [3.8, 4) is 0 Å². The summed E-state index contributed by atoms with van der Waals surface area (Å²) in [5.41, 5.74) is 0. The van der Waals surface area contributed by atoms with Crippen LogP contribution in [0.3, 0.4) is 0 Å². The average Bonchev–Trinajstić information content (AvgIpc) is 1.64. The molecule has 0 atom stereocenters. The fourth-order valence-electron chi connectivity index (χ4n) is 0.0668. The molecular formula is C2H2I3O3S. The van der Waals surface area contributed by atoms with Crippen LogP contribution in [0, 0.1) is 7.11 Å². The van der Waals surface area contributed by atoms with Crippen molar-refractivity contribution in [3.05, 3.63) is 7.11 Å². The maximum Gasteiger partial charge on any atom is 0.301 e. The van der Waals surface area contributed by atoms with E-state index >= 15 is 0 Å². The van der Waals surface area contributed by atoms with E-state index in [0.29, 0.717) is 0 Å². The Morgan fingerprint density at radius 3 is 1.67 bits per heavy atom. The van der Waals surface area contributed by atoms with Crippen molar-refractivity contribution < 1.29 is 12.6 Å². The molecule has 0 amide bonds. The summed E-state index contributed by atoms with van der Waals surface area (Å²) in [5, 5.41) is 0. The molecule has 0 aliphatic carbocycles. The van der Waals surface area contributed by atoms with Crippen LogP contribution < -0.4 is 0 Å². The summed E-state index contributed by atoms with van der Waals surface area (Å²) in [4.78, 5) is 0. The molecule has 9 heavy (non-hydrogen) atoms. The topological polar surface area (TPSA) is 43.4 Å². The van der Waals surface area contributed by atoms with Gasteiger partial charge in [-0.2, -0.15) is 8.42 Å². The van der Waals surface area contributed by atoms with Gasteiger partial charge in [-0.1, -0.05) is 0 Å². The van der Waals surface area contributed by atoms with Gasteiger partial charge in [0.1, 0.15) is 0 Å². The number of hydrogen-bond donors (Lipinski definition) is 0. The number of halogens is 3. The van der Waals surface area contributed by atoms with Crippen LogP contribution in [0.2, 0.25) is 0 Å². The standard InChI is InChI=1S/C2H2I3O3S/c1-8-9(6,7)2(3,4)5/h1H2. The van der Waals surface area contributed by atoms with Crippen LogP contribution in [0.15, 0.2) is 0 Å². The Hall–Kier alpha value is 2.10. The van der Waals surface area contributed by atoms with Crippen LogP contribution in [-0.4, -0.2) is 7.19 Å². The average molecular weight is 487 g/mol. The molecule has 0 fully saturated rings. The molecule has 0 aliphatic rings. The maximum atomic E-state index is 10.7. The van der Waals surface area contributed by atoms with Gasteiger partial charge in [0, 0.05) is 0 Å². The van der Waals surface area contributed by atoms with E-state index in [4.69, 9.17) is 0 Å². The normalized spacial score (nSPS) is 13.8. The first-order chi connectivity index (χ1) is 3.81. The van der Waals surface area contributed by atoms with E-state index in [2.05, 4.69) is 11.3 Å². The first-order valence-electron chi connectivity index (χ1n) is 1.56. The molecule has 0 aromatic heterocycles. The second-order valence-corrected chi connectivity index (χ2v) is 16.0. The summed E-state index contributed by atoms with van der Waals surface area (Å²) in [6.45, 7) is 0. The van der Waals surface area contributed by atoms with E-state index in [1.54, 1.807) is 67.8 Å². The van der Waals surface area contributed by atoms with Gasteiger partial charge in [-0.25, -0.2) is 0 Å². The van der Waals surface area contributed by atoms with E-state index in [-0.39, 0.29) is 0 Å². The minimum Gasteiger partial charge on any atom is -0.265 e. The third-order valence-electron chi connectivity index (χ3n) is 0.439. The molecule has 0 rings (SSSR count). The molecule has 0 N–H and O–H groups in total. The highest BCUT2D eigenvalue weighted by Gasteiger charge is 2.35. The monoisotopic (exact) mass is 487 g/mol. The molecule has 0 aliphatic heterocycles. The van der Waals surface area contributed by atoms with Crippen LogP contribution in [0.4, 0.5) is 0 Å². The van der Waals surface area contributed by atoms with E-state index in [9.17, 15) is 8.42 Å². The van der Waals surface area contributed by atoms with Crippen LogP contribution in [0.1, 0.15) is 0 Å².